The van der Waals surface area contributed by atoms with Gasteiger partial charge in [0.2, 0.25) is 10.0 Å². The molecule has 5 N–H and O–H groups in total. The maximum atomic E-state index is 12.4. The smallest absolute Gasteiger partial charge is 0.242 e. The summed E-state index contributed by atoms with van der Waals surface area (Å²) >= 11 is 5.76. The number of nitrogens with one attached hydrogen (secondary N) is 1. The Morgan fingerprint density at radius 2 is 2.05 bits per heavy atom. The highest BCUT2D eigenvalue weighted by Gasteiger charge is 2.26. The fourth-order valence-corrected chi connectivity index (χ4v) is 3.34. The quantitative estimate of drug-likeness (QED) is 0.562. The van der Waals surface area contributed by atoms with E-state index in [0.717, 1.165) is 25.5 Å². The Labute approximate surface area is 128 Å². The zero-order valence-corrected chi connectivity index (χ0v) is 12.9. The molecule has 21 heavy (non-hydrogen) atoms. The zero-order chi connectivity index (χ0) is 15.5. The average molecular weight is 329 g/mol. The molecule has 1 aliphatic rings. The largest absolute Gasteiger partial charge is 0.403 e. The molecule has 0 bridgehead atoms. The summed E-state index contributed by atoms with van der Waals surface area (Å²) in [6.45, 7) is 0. The predicted molar refractivity (Wildman–Crippen MR) is 83.8 cm³/mol. The van der Waals surface area contributed by atoms with Crippen molar-refractivity contribution in [3.8, 4) is 0 Å². The number of sulfonamides is 1. The van der Waals surface area contributed by atoms with E-state index in [1.165, 1.54) is 6.07 Å². The number of halogens is 1. The third kappa shape index (κ3) is 3.75. The van der Waals surface area contributed by atoms with Crippen molar-refractivity contribution in [3.05, 3.63) is 35.5 Å². The monoisotopic (exact) mass is 328 g/mol. The Hall–Kier alpha value is -1.57. The van der Waals surface area contributed by atoms with E-state index < -0.39 is 10.0 Å². The summed E-state index contributed by atoms with van der Waals surface area (Å²) < 4.78 is 27.4. The van der Waals surface area contributed by atoms with Crippen LogP contribution in [0.1, 0.15) is 19.3 Å². The first-order chi connectivity index (χ1) is 9.94. The highest BCUT2D eigenvalue weighted by molar-refractivity contribution is 7.89. The molecule has 1 aliphatic carbocycles. The highest BCUT2D eigenvalue weighted by atomic mass is 35.5. The Balaban J connectivity index is 2.36. The van der Waals surface area contributed by atoms with E-state index in [9.17, 15) is 8.42 Å². The van der Waals surface area contributed by atoms with E-state index in [2.05, 4.69) is 9.71 Å². The number of para-hydroxylation sites is 1. The molecular formula is C13H17ClN4O2S. The maximum absolute atomic E-state index is 12.4. The van der Waals surface area contributed by atoms with Crippen molar-refractivity contribution in [2.75, 3.05) is 0 Å². The van der Waals surface area contributed by atoms with Gasteiger partial charge >= 0.3 is 0 Å². The molecule has 2 rings (SSSR count). The summed E-state index contributed by atoms with van der Waals surface area (Å²) in [7, 11) is -3.64. The summed E-state index contributed by atoms with van der Waals surface area (Å²) in [5.74, 6) is -0.0366. The molecule has 114 valence electrons. The lowest BCUT2D eigenvalue weighted by molar-refractivity contribution is 0.383. The van der Waals surface area contributed by atoms with Crippen LogP contribution >= 0.6 is 11.6 Å². The number of nitrogens with zero attached hydrogens (tertiary/aromatic N) is 1. The second-order valence-electron chi connectivity index (χ2n) is 4.73. The van der Waals surface area contributed by atoms with Crippen molar-refractivity contribution in [1.29, 1.82) is 0 Å². The van der Waals surface area contributed by atoms with E-state index >= 15 is 0 Å². The lowest BCUT2D eigenvalue weighted by atomic mass is 9.94. The second-order valence-corrected chi connectivity index (χ2v) is 6.82. The Kier molecular flexibility index (Phi) is 4.87. The predicted octanol–water partition coefficient (Wildman–Crippen LogP) is 1.55. The highest BCUT2D eigenvalue weighted by Crippen LogP contribution is 2.27. The molecule has 8 heteroatoms. The fraction of sp³-hybridized carbons (Fsp3) is 0.308. The Morgan fingerprint density at radius 3 is 2.62 bits per heavy atom. The number of benzene rings is 1. The van der Waals surface area contributed by atoms with Crippen LogP contribution in [0.3, 0.4) is 0 Å². The lowest BCUT2D eigenvalue weighted by Crippen LogP contribution is -2.39. The maximum Gasteiger partial charge on any atom is 0.242 e. The number of aliphatic imine (C=N–C) groups is 1. The normalized spacial score (nSPS) is 17.6. The van der Waals surface area contributed by atoms with Gasteiger partial charge in [-0.3, -0.25) is 0 Å². The average Bonchev–Trinajstić information content (AvgIpc) is 2.42. The number of nitrogens with two attached hydrogens (primary N) is 2. The first kappa shape index (κ1) is 15.8. The van der Waals surface area contributed by atoms with Crippen LogP contribution in [0.4, 0.5) is 5.69 Å². The number of amidine groups is 1. The van der Waals surface area contributed by atoms with Crippen LogP contribution in [0, 0.1) is 0 Å². The van der Waals surface area contributed by atoms with E-state index in [0.29, 0.717) is 0 Å². The molecule has 1 fully saturated rings. The van der Waals surface area contributed by atoms with Gasteiger partial charge in [-0.25, -0.2) is 18.1 Å². The standard InChI is InChI=1S/C13H17ClN4O2S/c14-10(8-15)13(16)17-11-6-1-2-7-12(11)21(19,20)18-9-4-3-5-9/h1-2,6-9,18H,3-5,15H2,(H2,16,17). The van der Waals surface area contributed by atoms with Gasteiger partial charge in [0.05, 0.1) is 10.7 Å². The molecule has 0 aliphatic heterocycles. The van der Waals surface area contributed by atoms with Crippen LogP contribution in [0.5, 0.6) is 0 Å². The molecule has 0 unspecified atom stereocenters. The molecule has 0 aromatic heterocycles. The van der Waals surface area contributed by atoms with Crippen LogP contribution in [-0.4, -0.2) is 20.3 Å². The lowest BCUT2D eigenvalue weighted by Gasteiger charge is -2.26. The van der Waals surface area contributed by atoms with Gasteiger partial charge in [0.1, 0.15) is 10.7 Å². The molecule has 1 saturated carbocycles. The second kappa shape index (κ2) is 6.46. The first-order valence-electron chi connectivity index (χ1n) is 6.47. The molecule has 1 aromatic rings. The minimum atomic E-state index is -3.64. The van der Waals surface area contributed by atoms with Crippen molar-refractivity contribution >= 4 is 33.1 Å². The molecule has 6 nitrogen and oxygen atoms in total. The molecule has 1 aromatic carbocycles. The summed E-state index contributed by atoms with van der Waals surface area (Å²) in [6.07, 6.45) is 3.85. The van der Waals surface area contributed by atoms with Crippen molar-refractivity contribution in [2.45, 2.75) is 30.2 Å². The minimum absolute atomic E-state index is 0.00286. The minimum Gasteiger partial charge on any atom is -0.403 e. The molecule has 0 spiro atoms. The van der Waals surface area contributed by atoms with Crippen LogP contribution in [0.15, 0.2) is 45.4 Å². The Bertz CT molecular complexity index is 681. The van der Waals surface area contributed by atoms with Crippen LogP contribution in [0.25, 0.3) is 0 Å². The van der Waals surface area contributed by atoms with Crippen LogP contribution in [-0.2, 0) is 10.0 Å². The summed E-state index contributed by atoms with van der Waals surface area (Å²) in [5.41, 5.74) is 11.1. The van der Waals surface area contributed by atoms with Gasteiger partial charge < -0.3 is 11.5 Å². The molecule has 0 saturated heterocycles. The van der Waals surface area contributed by atoms with Crippen LogP contribution in [0.2, 0.25) is 0 Å². The Morgan fingerprint density at radius 1 is 1.38 bits per heavy atom. The third-order valence-corrected chi connectivity index (χ3v) is 5.10. The first-order valence-corrected chi connectivity index (χ1v) is 8.33. The fourth-order valence-electron chi connectivity index (χ4n) is 1.85. The molecule has 0 amide bonds. The van der Waals surface area contributed by atoms with Crippen molar-refractivity contribution in [1.82, 2.24) is 4.72 Å². The van der Waals surface area contributed by atoms with Gasteiger partial charge in [0, 0.05) is 12.2 Å². The molecule has 0 heterocycles. The van der Waals surface area contributed by atoms with Crippen LogP contribution < -0.4 is 16.2 Å². The van der Waals surface area contributed by atoms with Gasteiger partial charge in [-0.1, -0.05) is 30.2 Å². The van der Waals surface area contributed by atoms with E-state index in [4.69, 9.17) is 23.1 Å². The van der Waals surface area contributed by atoms with Crippen molar-refractivity contribution in [3.63, 3.8) is 0 Å². The van der Waals surface area contributed by atoms with Gasteiger partial charge in [-0.05, 0) is 25.0 Å². The molecule has 0 atom stereocenters. The van der Waals surface area contributed by atoms with Gasteiger partial charge in [0.25, 0.3) is 0 Å². The number of rotatable bonds is 5. The molecule has 0 radical (unpaired) electrons. The van der Waals surface area contributed by atoms with E-state index in [-0.39, 0.29) is 27.5 Å². The SMILES string of the molecule is NC=C(Cl)C(N)=Nc1ccccc1S(=O)(=O)NC1CCC1. The van der Waals surface area contributed by atoms with Gasteiger partial charge in [-0.15, -0.1) is 0 Å². The van der Waals surface area contributed by atoms with E-state index in [1.54, 1.807) is 18.2 Å². The third-order valence-electron chi connectivity index (χ3n) is 3.21. The van der Waals surface area contributed by atoms with Gasteiger partial charge in [0.15, 0.2) is 0 Å². The van der Waals surface area contributed by atoms with Gasteiger partial charge in [-0.2, -0.15) is 0 Å². The summed E-state index contributed by atoms with van der Waals surface area (Å²) in [6, 6.07) is 6.34. The van der Waals surface area contributed by atoms with Crippen molar-refractivity contribution < 1.29 is 8.42 Å². The topological polar surface area (TPSA) is 111 Å². The summed E-state index contributed by atoms with van der Waals surface area (Å²) in [4.78, 5) is 4.11. The number of hydrogen-bond acceptors (Lipinski definition) is 4. The summed E-state index contributed by atoms with van der Waals surface area (Å²) in [5, 5.41) is 0.0640. The number of hydrogen-bond donors (Lipinski definition) is 3. The zero-order valence-electron chi connectivity index (χ0n) is 11.3. The van der Waals surface area contributed by atoms with E-state index in [1.807, 2.05) is 0 Å². The van der Waals surface area contributed by atoms with Crippen molar-refractivity contribution in [2.24, 2.45) is 16.5 Å². The molecular weight excluding hydrogens is 312 g/mol.